The van der Waals surface area contributed by atoms with Gasteiger partial charge in [0, 0.05) is 33.4 Å². The summed E-state index contributed by atoms with van der Waals surface area (Å²) in [5.41, 5.74) is 6.85. The van der Waals surface area contributed by atoms with Crippen LogP contribution in [-0.2, 0) is 59.3 Å². The molecule has 0 amide bonds. The highest BCUT2D eigenvalue weighted by Crippen LogP contribution is 2.34. The number of aryl methyl sites for hydroxylation is 2. The van der Waals surface area contributed by atoms with E-state index in [9.17, 15) is 15.3 Å². The van der Waals surface area contributed by atoms with Gasteiger partial charge in [-0.25, -0.2) is 0 Å². The predicted molar refractivity (Wildman–Crippen MR) is 138 cm³/mol. The lowest BCUT2D eigenvalue weighted by molar-refractivity contribution is 0.0929. The van der Waals surface area contributed by atoms with Crippen molar-refractivity contribution < 1.29 is 29.5 Å². The highest BCUT2D eigenvalue weighted by atomic mass is 16.5. The fourth-order valence-corrected chi connectivity index (χ4v) is 4.53. The number of phenols is 3. The summed E-state index contributed by atoms with van der Waals surface area (Å²) in [6, 6.07) is 11.5. The van der Waals surface area contributed by atoms with Crippen molar-refractivity contribution in [2.75, 3.05) is 0 Å². The molecule has 0 radical (unpaired) electrons. The van der Waals surface area contributed by atoms with E-state index >= 15 is 0 Å². The second-order valence-electron chi connectivity index (χ2n) is 10.7. The van der Waals surface area contributed by atoms with Crippen molar-refractivity contribution in [2.24, 2.45) is 0 Å². The minimum Gasteiger partial charge on any atom is -0.507 e. The Morgan fingerprint density at radius 2 is 0.750 bits per heavy atom. The second kappa shape index (κ2) is 10.5. The van der Waals surface area contributed by atoms with E-state index in [0.29, 0.717) is 33.4 Å². The van der Waals surface area contributed by atoms with E-state index in [2.05, 4.69) is 20.8 Å². The number of aromatic hydroxyl groups is 3. The Kier molecular flexibility index (Phi) is 7.59. The third-order valence-electron chi connectivity index (χ3n) is 6.50. The summed E-state index contributed by atoms with van der Waals surface area (Å²) in [4.78, 5) is 0. The van der Waals surface area contributed by atoms with Crippen LogP contribution < -0.4 is 0 Å². The van der Waals surface area contributed by atoms with Crippen molar-refractivity contribution in [2.45, 2.75) is 79.7 Å². The van der Waals surface area contributed by atoms with Crippen LogP contribution in [0.2, 0.25) is 0 Å². The van der Waals surface area contributed by atoms with E-state index in [1.165, 1.54) is 0 Å². The molecule has 4 rings (SSSR count). The third kappa shape index (κ3) is 5.84. The van der Waals surface area contributed by atoms with Crippen molar-refractivity contribution in [3.63, 3.8) is 0 Å². The summed E-state index contributed by atoms with van der Waals surface area (Å²) in [5.74, 6) is 0.413. The molecule has 0 spiro atoms. The molecule has 0 aromatic heterocycles. The first-order valence-electron chi connectivity index (χ1n) is 12.2. The molecule has 6 heteroatoms. The van der Waals surface area contributed by atoms with E-state index in [0.717, 1.165) is 16.7 Å². The first kappa shape index (κ1) is 26.0. The van der Waals surface area contributed by atoms with E-state index in [1.807, 2.05) is 50.2 Å². The Labute approximate surface area is 213 Å². The number of hydrogen-bond donors (Lipinski definition) is 3. The maximum absolute atomic E-state index is 11.0. The molecule has 3 N–H and O–H groups in total. The molecular formula is C30H36O6. The lowest BCUT2D eigenvalue weighted by Gasteiger charge is -2.23. The second-order valence-corrected chi connectivity index (χ2v) is 10.7. The topological polar surface area (TPSA) is 88.4 Å². The average molecular weight is 493 g/mol. The van der Waals surface area contributed by atoms with E-state index in [-0.39, 0.29) is 62.3 Å². The molecule has 0 saturated heterocycles. The van der Waals surface area contributed by atoms with Crippen LogP contribution in [0, 0.1) is 13.8 Å². The van der Waals surface area contributed by atoms with Gasteiger partial charge in [-0.05, 0) is 37.0 Å². The van der Waals surface area contributed by atoms with Crippen LogP contribution in [0.4, 0.5) is 0 Å². The van der Waals surface area contributed by atoms with Gasteiger partial charge in [-0.15, -0.1) is 0 Å². The lowest BCUT2D eigenvalue weighted by Crippen LogP contribution is -2.13. The summed E-state index contributed by atoms with van der Waals surface area (Å²) < 4.78 is 17.8. The van der Waals surface area contributed by atoms with Crippen molar-refractivity contribution in [1.82, 2.24) is 0 Å². The minimum absolute atomic E-state index is 0.137. The molecule has 0 saturated carbocycles. The SMILES string of the molecule is Cc1cc2c(O)c(c1)COCc1cc(C(C)(C)C)cc(c1O)COCc1cc(C)cc(c1O)COC2. The predicted octanol–water partition coefficient (Wildman–Crippen LogP) is 6.18. The van der Waals surface area contributed by atoms with Gasteiger partial charge in [0.2, 0.25) is 0 Å². The molecule has 3 aromatic carbocycles. The normalized spacial score (nSPS) is 15.2. The lowest BCUT2D eigenvalue weighted by atomic mass is 9.85. The summed E-state index contributed by atoms with van der Waals surface area (Å²) in [5, 5.41) is 32.8. The van der Waals surface area contributed by atoms with Gasteiger partial charge in [0.1, 0.15) is 17.2 Å². The Morgan fingerprint density at radius 3 is 1.00 bits per heavy atom. The molecule has 1 heterocycles. The van der Waals surface area contributed by atoms with Crippen LogP contribution in [0.5, 0.6) is 17.2 Å². The Morgan fingerprint density at radius 1 is 0.500 bits per heavy atom. The standard InChI is InChI=1S/C30H36O6/c1-18-6-20-12-34-13-21-7-19(2)9-23(28(21)32)15-36-17-25-11-26(30(3,4)5)10-24(29(25)33)16-35-14-22(8-18)27(20)31/h6-11,31-33H,12-17H2,1-5H3. The smallest absolute Gasteiger partial charge is 0.126 e. The molecule has 1 aliphatic rings. The van der Waals surface area contributed by atoms with Gasteiger partial charge in [0.25, 0.3) is 0 Å². The number of fused-ring (bicyclic) bond motifs is 6. The van der Waals surface area contributed by atoms with Gasteiger partial charge in [-0.3, -0.25) is 0 Å². The molecule has 6 bridgehead atoms. The van der Waals surface area contributed by atoms with E-state index in [4.69, 9.17) is 14.2 Å². The van der Waals surface area contributed by atoms with Gasteiger partial charge >= 0.3 is 0 Å². The fourth-order valence-electron chi connectivity index (χ4n) is 4.53. The molecule has 6 nitrogen and oxygen atoms in total. The molecule has 0 unspecified atom stereocenters. The summed E-state index contributed by atoms with van der Waals surface area (Å²) in [6.45, 7) is 11.4. The molecule has 0 atom stereocenters. The van der Waals surface area contributed by atoms with Crippen molar-refractivity contribution in [1.29, 1.82) is 0 Å². The van der Waals surface area contributed by atoms with Crippen LogP contribution in [-0.4, -0.2) is 15.3 Å². The van der Waals surface area contributed by atoms with Crippen LogP contribution in [0.1, 0.15) is 70.8 Å². The zero-order chi connectivity index (χ0) is 26.0. The van der Waals surface area contributed by atoms with E-state index < -0.39 is 0 Å². The monoisotopic (exact) mass is 492 g/mol. The van der Waals surface area contributed by atoms with Gasteiger partial charge in [-0.1, -0.05) is 56.2 Å². The van der Waals surface area contributed by atoms with Crippen LogP contribution in [0.15, 0.2) is 36.4 Å². The maximum atomic E-state index is 11.0. The average Bonchev–Trinajstić information content (AvgIpc) is 2.80. The number of phenolic OH excluding ortho intramolecular Hbond substituents is 3. The summed E-state index contributed by atoms with van der Waals surface area (Å²) in [6.07, 6.45) is 0. The minimum atomic E-state index is -0.137. The molecular weight excluding hydrogens is 456 g/mol. The highest BCUT2D eigenvalue weighted by Gasteiger charge is 2.20. The first-order chi connectivity index (χ1) is 17.0. The zero-order valence-electron chi connectivity index (χ0n) is 21.8. The molecule has 36 heavy (non-hydrogen) atoms. The molecule has 192 valence electrons. The Bertz CT molecular complexity index is 1170. The number of ether oxygens (including phenoxy) is 3. The highest BCUT2D eigenvalue weighted by molar-refractivity contribution is 5.46. The quantitative estimate of drug-likeness (QED) is 0.347. The van der Waals surface area contributed by atoms with Gasteiger partial charge in [-0.2, -0.15) is 0 Å². The summed E-state index contributed by atoms with van der Waals surface area (Å²) in [7, 11) is 0. The largest absolute Gasteiger partial charge is 0.507 e. The Balaban J connectivity index is 1.75. The summed E-state index contributed by atoms with van der Waals surface area (Å²) >= 11 is 0. The molecule has 0 aliphatic carbocycles. The van der Waals surface area contributed by atoms with Crippen LogP contribution >= 0.6 is 0 Å². The van der Waals surface area contributed by atoms with Crippen LogP contribution in [0.25, 0.3) is 0 Å². The van der Waals surface area contributed by atoms with Crippen LogP contribution in [0.3, 0.4) is 0 Å². The van der Waals surface area contributed by atoms with Gasteiger partial charge in [0.05, 0.1) is 39.6 Å². The number of benzene rings is 3. The number of hydrogen-bond acceptors (Lipinski definition) is 6. The first-order valence-corrected chi connectivity index (χ1v) is 12.2. The number of rotatable bonds is 0. The molecule has 3 aromatic rings. The van der Waals surface area contributed by atoms with Crippen molar-refractivity contribution >= 4 is 0 Å². The molecule has 0 fully saturated rings. The van der Waals surface area contributed by atoms with Crippen molar-refractivity contribution in [3.8, 4) is 17.2 Å². The fraction of sp³-hybridized carbons (Fsp3) is 0.400. The third-order valence-corrected chi connectivity index (χ3v) is 6.50. The van der Waals surface area contributed by atoms with Gasteiger partial charge < -0.3 is 29.5 Å². The zero-order valence-corrected chi connectivity index (χ0v) is 21.8. The van der Waals surface area contributed by atoms with Crippen molar-refractivity contribution in [3.05, 3.63) is 86.5 Å². The maximum Gasteiger partial charge on any atom is 0.126 e. The molecule has 1 aliphatic heterocycles. The van der Waals surface area contributed by atoms with E-state index in [1.54, 1.807) is 0 Å². The van der Waals surface area contributed by atoms with Gasteiger partial charge in [0.15, 0.2) is 0 Å². The Hall–Kier alpha value is -3.06.